The molecular formula is C17H24N2O3. The van der Waals surface area contributed by atoms with Crippen molar-refractivity contribution in [2.24, 2.45) is 5.92 Å². The van der Waals surface area contributed by atoms with Gasteiger partial charge in [-0.3, -0.25) is 9.69 Å². The molecule has 1 heterocycles. The molecule has 1 saturated heterocycles. The number of β-amino-alcohol motifs (C(OH)–C–C–N with tert-alkyl or cyclic N) is 1. The van der Waals surface area contributed by atoms with Gasteiger partial charge in [-0.05, 0) is 37.0 Å². The lowest BCUT2D eigenvalue weighted by atomic mass is 10.1. The van der Waals surface area contributed by atoms with E-state index in [0.717, 1.165) is 32.5 Å². The summed E-state index contributed by atoms with van der Waals surface area (Å²) in [5.41, 5.74) is 0.672. The highest BCUT2D eigenvalue weighted by molar-refractivity contribution is 5.94. The van der Waals surface area contributed by atoms with Crippen molar-refractivity contribution in [1.82, 2.24) is 9.80 Å². The molecule has 0 bridgehead atoms. The molecule has 5 nitrogen and oxygen atoms in total. The third-order valence-corrected chi connectivity index (χ3v) is 4.59. The van der Waals surface area contributed by atoms with Gasteiger partial charge in [0.05, 0.1) is 13.2 Å². The van der Waals surface area contributed by atoms with E-state index in [1.807, 2.05) is 23.1 Å². The van der Waals surface area contributed by atoms with E-state index in [1.165, 1.54) is 0 Å². The molecule has 3 rings (SSSR count). The van der Waals surface area contributed by atoms with Crippen molar-refractivity contribution in [1.29, 1.82) is 0 Å². The normalized spacial score (nSPS) is 20.7. The van der Waals surface area contributed by atoms with Crippen molar-refractivity contribution in [3.05, 3.63) is 29.8 Å². The van der Waals surface area contributed by atoms with Crippen LogP contribution in [0.2, 0.25) is 0 Å². The Kier molecular flexibility index (Phi) is 4.64. The zero-order chi connectivity index (χ0) is 15.5. The molecule has 0 radical (unpaired) electrons. The summed E-state index contributed by atoms with van der Waals surface area (Å²) >= 11 is 0. The largest absolute Gasteiger partial charge is 0.497 e. The van der Waals surface area contributed by atoms with Crippen LogP contribution < -0.4 is 4.74 Å². The number of piperazine rings is 1. The van der Waals surface area contributed by atoms with Crippen LogP contribution in [0, 0.1) is 5.92 Å². The van der Waals surface area contributed by atoms with E-state index >= 15 is 0 Å². The molecule has 2 fully saturated rings. The minimum Gasteiger partial charge on any atom is -0.497 e. The Bertz CT molecular complexity index is 522. The van der Waals surface area contributed by atoms with Crippen molar-refractivity contribution in [2.75, 3.05) is 39.8 Å². The van der Waals surface area contributed by atoms with Crippen LogP contribution in [0.4, 0.5) is 0 Å². The van der Waals surface area contributed by atoms with Gasteiger partial charge in [0.2, 0.25) is 0 Å². The molecule has 22 heavy (non-hydrogen) atoms. The van der Waals surface area contributed by atoms with Crippen LogP contribution >= 0.6 is 0 Å². The Balaban J connectivity index is 1.52. The van der Waals surface area contributed by atoms with Crippen LogP contribution in [0.25, 0.3) is 0 Å². The fourth-order valence-corrected chi connectivity index (χ4v) is 2.97. The minimum absolute atomic E-state index is 0.0568. The van der Waals surface area contributed by atoms with E-state index in [1.54, 1.807) is 13.2 Å². The quantitative estimate of drug-likeness (QED) is 0.889. The third-order valence-electron chi connectivity index (χ3n) is 4.59. The number of amides is 1. The predicted octanol–water partition coefficient (Wildman–Crippen LogP) is 1.22. The molecule has 1 N–H and O–H groups in total. The van der Waals surface area contributed by atoms with Gasteiger partial charge >= 0.3 is 0 Å². The maximum absolute atomic E-state index is 12.5. The Morgan fingerprint density at radius 1 is 1.32 bits per heavy atom. The Morgan fingerprint density at radius 3 is 2.68 bits per heavy atom. The number of carbonyl (C=O) groups excluding carboxylic acids is 1. The van der Waals surface area contributed by atoms with Crippen LogP contribution in [0.1, 0.15) is 23.2 Å². The number of methoxy groups -OCH3 is 1. The van der Waals surface area contributed by atoms with Crippen LogP contribution in [-0.2, 0) is 0 Å². The molecule has 0 spiro atoms. The first-order valence-corrected chi connectivity index (χ1v) is 8.01. The highest BCUT2D eigenvalue weighted by atomic mass is 16.5. The molecule has 5 heteroatoms. The minimum atomic E-state index is -0.194. The number of rotatable bonds is 5. The molecule has 2 aliphatic rings. The molecular weight excluding hydrogens is 280 g/mol. The second-order valence-corrected chi connectivity index (χ2v) is 6.23. The van der Waals surface area contributed by atoms with E-state index in [4.69, 9.17) is 4.74 Å². The zero-order valence-corrected chi connectivity index (χ0v) is 13.1. The molecule has 1 aromatic carbocycles. The van der Waals surface area contributed by atoms with Gasteiger partial charge in [0, 0.05) is 38.3 Å². The number of benzene rings is 1. The summed E-state index contributed by atoms with van der Waals surface area (Å²) in [6.45, 7) is 3.84. The second-order valence-electron chi connectivity index (χ2n) is 6.23. The van der Waals surface area contributed by atoms with Gasteiger partial charge in [-0.2, -0.15) is 0 Å². The van der Waals surface area contributed by atoms with E-state index < -0.39 is 0 Å². The Labute approximate surface area is 131 Å². The summed E-state index contributed by atoms with van der Waals surface area (Å²) in [6, 6.07) is 7.29. The van der Waals surface area contributed by atoms with Crippen LogP contribution in [-0.4, -0.2) is 66.8 Å². The fraction of sp³-hybridized carbons (Fsp3) is 0.588. The van der Waals surface area contributed by atoms with Crippen molar-refractivity contribution in [3.8, 4) is 5.75 Å². The van der Waals surface area contributed by atoms with E-state index in [0.29, 0.717) is 30.3 Å². The van der Waals surface area contributed by atoms with Gasteiger partial charge in [-0.1, -0.05) is 6.07 Å². The third kappa shape index (κ3) is 3.59. The maximum Gasteiger partial charge on any atom is 0.254 e. The highest BCUT2D eigenvalue weighted by Gasteiger charge is 2.32. The molecule has 1 unspecified atom stereocenters. The lowest BCUT2D eigenvalue weighted by Gasteiger charge is -2.35. The summed E-state index contributed by atoms with van der Waals surface area (Å²) in [7, 11) is 1.60. The topological polar surface area (TPSA) is 53.0 Å². The summed E-state index contributed by atoms with van der Waals surface area (Å²) in [5.74, 6) is 1.27. The van der Waals surface area contributed by atoms with Crippen molar-refractivity contribution >= 4 is 5.91 Å². The second kappa shape index (κ2) is 6.67. The first-order chi connectivity index (χ1) is 10.7. The molecule has 1 amide bonds. The average Bonchev–Trinajstić information content (AvgIpc) is 3.40. The molecule has 1 aliphatic carbocycles. The number of ether oxygens (including phenoxy) is 1. The molecule has 1 aromatic rings. The fourth-order valence-electron chi connectivity index (χ4n) is 2.97. The van der Waals surface area contributed by atoms with Gasteiger partial charge in [-0.25, -0.2) is 0 Å². The zero-order valence-electron chi connectivity index (χ0n) is 13.1. The van der Waals surface area contributed by atoms with Crippen LogP contribution in [0.3, 0.4) is 0 Å². The van der Waals surface area contributed by atoms with Crippen LogP contribution in [0.15, 0.2) is 24.3 Å². The highest BCUT2D eigenvalue weighted by Crippen LogP contribution is 2.32. The number of hydrogen-bond donors (Lipinski definition) is 1. The number of nitrogens with zero attached hydrogens (tertiary/aromatic N) is 2. The molecule has 1 aliphatic heterocycles. The van der Waals surface area contributed by atoms with E-state index in [2.05, 4.69) is 4.90 Å². The van der Waals surface area contributed by atoms with Crippen molar-refractivity contribution in [2.45, 2.75) is 18.9 Å². The van der Waals surface area contributed by atoms with Gasteiger partial charge in [0.25, 0.3) is 5.91 Å². The molecule has 1 saturated carbocycles. The van der Waals surface area contributed by atoms with Gasteiger partial charge in [0.15, 0.2) is 0 Å². The molecule has 120 valence electrons. The SMILES string of the molecule is COc1cccc(C(=O)N2CCN(CC(O)C3CC3)CC2)c1. The first-order valence-electron chi connectivity index (χ1n) is 8.01. The van der Waals surface area contributed by atoms with Crippen molar-refractivity contribution < 1.29 is 14.6 Å². The average molecular weight is 304 g/mol. The monoisotopic (exact) mass is 304 g/mol. The lowest BCUT2D eigenvalue weighted by molar-refractivity contribution is 0.0488. The number of carbonyl (C=O) groups is 1. The number of aliphatic hydroxyl groups is 1. The van der Waals surface area contributed by atoms with E-state index in [9.17, 15) is 9.90 Å². The number of aliphatic hydroxyl groups excluding tert-OH is 1. The summed E-state index contributed by atoms with van der Waals surface area (Å²) in [5, 5.41) is 10.0. The van der Waals surface area contributed by atoms with Crippen LogP contribution in [0.5, 0.6) is 5.75 Å². The Morgan fingerprint density at radius 2 is 2.05 bits per heavy atom. The lowest BCUT2D eigenvalue weighted by Crippen LogP contribution is -2.50. The van der Waals surface area contributed by atoms with E-state index in [-0.39, 0.29) is 12.0 Å². The predicted molar refractivity (Wildman–Crippen MR) is 84.1 cm³/mol. The molecule has 0 aromatic heterocycles. The van der Waals surface area contributed by atoms with Gasteiger partial charge < -0.3 is 14.7 Å². The summed E-state index contributed by atoms with van der Waals surface area (Å²) in [4.78, 5) is 16.7. The number of hydrogen-bond acceptors (Lipinski definition) is 4. The maximum atomic E-state index is 12.5. The standard InChI is InChI=1S/C17H24N2O3/c1-22-15-4-2-3-14(11-15)17(21)19-9-7-18(8-10-19)12-16(20)13-5-6-13/h2-4,11,13,16,20H,5-10,12H2,1H3. The summed E-state index contributed by atoms with van der Waals surface area (Å²) in [6.07, 6.45) is 2.13. The van der Waals surface area contributed by atoms with Crippen molar-refractivity contribution in [3.63, 3.8) is 0 Å². The first kappa shape index (κ1) is 15.3. The summed E-state index contributed by atoms with van der Waals surface area (Å²) < 4.78 is 5.17. The smallest absolute Gasteiger partial charge is 0.254 e. The molecule has 1 atom stereocenters. The van der Waals surface area contributed by atoms with Gasteiger partial charge in [-0.15, -0.1) is 0 Å². The Hall–Kier alpha value is -1.59. The van der Waals surface area contributed by atoms with Gasteiger partial charge in [0.1, 0.15) is 5.75 Å².